The molecule has 2 atom stereocenters. The van der Waals surface area contributed by atoms with E-state index in [4.69, 9.17) is 19.8 Å². The van der Waals surface area contributed by atoms with Crippen LogP contribution in [0.2, 0.25) is 0 Å². The van der Waals surface area contributed by atoms with Crippen molar-refractivity contribution in [1.82, 2.24) is 14.7 Å². The second kappa shape index (κ2) is 10.4. The lowest BCUT2D eigenvalue weighted by atomic mass is 10.1. The lowest BCUT2D eigenvalue weighted by Gasteiger charge is -2.46. The Morgan fingerprint density at radius 2 is 1.76 bits per heavy atom. The average molecular weight is 402 g/mol. The van der Waals surface area contributed by atoms with Crippen LogP contribution in [0.3, 0.4) is 0 Å². The fourth-order valence-corrected chi connectivity index (χ4v) is 3.96. The molecule has 1 aromatic carbocycles. The van der Waals surface area contributed by atoms with E-state index in [0.717, 1.165) is 57.9 Å². The number of nitriles is 1. The molecule has 2 unspecified atom stereocenters. The number of amides is 1. The highest BCUT2D eigenvalue weighted by atomic mass is 16.5. The van der Waals surface area contributed by atoms with Crippen molar-refractivity contribution in [3.63, 3.8) is 0 Å². The topological polar surface area (TPSA) is 89.3 Å². The summed E-state index contributed by atoms with van der Waals surface area (Å²) in [7, 11) is 1.61. The van der Waals surface area contributed by atoms with Crippen LogP contribution in [0, 0.1) is 11.3 Å². The zero-order valence-electron chi connectivity index (χ0n) is 17.0. The summed E-state index contributed by atoms with van der Waals surface area (Å²) in [6.45, 7) is 6.78. The quantitative estimate of drug-likeness (QED) is 0.629. The molecule has 0 spiro atoms. The molecule has 2 aliphatic rings. The Labute approximate surface area is 172 Å². The van der Waals surface area contributed by atoms with E-state index in [2.05, 4.69) is 15.9 Å². The zero-order chi connectivity index (χ0) is 20.6. The second-order valence-corrected chi connectivity index (χ2v) is 7.80. The Balaban J connectivity index is 1.32. The van der Waals surface area contributed by atoms with Crippen LogP contribution in [0.15, 0.2) is 24.3 Å². The summed E-state index contributed by atoms with van der Waals surface area (Å²) in [6.07, 6.45) is 1.37. The Morgan fingerprint density at radius 1 is 1.17 bits per heavy atom. The van der Waals surface area contributed by atoms with Gasteiger partial charge in [-0.1, -0.05) is 0 Å². The zero-order valence-corrected chi connectivity index (χ0v) is 17.0. The van der Waals surface area contributed by atoms with E-state index >= 15 is 0 Å². The molecule has 0 radical (unpaired) electrons. The molecular weight excluding hydrogens is 372 g/mol. The van der Waals surface area contributed by atoms with Crippen LogP contribution in [0.1, 0.15) is 18.4 Å². The third-order valence-electron chi connectivity index (χ3n) is 5.40. The predicted octanol–water partition coefficient (Wildman–Crippen LogP) is 1.71. The summed E-state index contributed by atoms with van der Waals surface area (Å²) in [5, 5.41) is 17.7. The first kappa shape index (κ1) is 21.4. The van der Waals surface area contributed by atoms with Crippen molar-refractivity contribution in [2.24, 2.45) is 0 Å². The van der Waals surface area contributed by atoms with Gasteiger partial charge in [0.25, 0.3) is 0 Å². The van der Waals surface area contributed by atoms with Crippen molar-refractivity contribution in [1.29, 1.82) is 5.26 Å². The SMILES string of the molecule is CN(CCCN1CC2CN(CCCOc3ccc(C#N)cc3)CC(C1)O2)C(=O)O. The van der Waals surface area contributed by atoms with Gasteiger partial charge in [0.2, 0.25) is 0 Å². The molecule has 3 rings (SSSR count). The monoisotopic (exact) mass is 402 g/mol. The van der Waals surface area contributed by atoms with Gasteiger partial charge in [0.15, 0.2) is 0 Å². The van der Waals surface area contributed by atoms with Crippen LogP contribution in [0.5, 0.6) is 5.75 Å². The lowest BCUT2D eigenvalue weighted by Crippen LogP contribution is -2.59. The summed E-state index contributed by atoms with van der Waals surface area (Å²) in [6, 6.07) is 9.31. The van der Waals surface area contributed by atoms with E-state index in [1.54, 1.807) is 19.2 Å². The number of benzene rings is 1. The van der Waals surface area contributed by atoms with Crippen LogP contribution in [-0.2, 0) is 4.74 Å². The first-order valence-electron chi connectivity index (χ1n) is 10.2. The van der Waals surface area contributed by atoms with Gasteiger partial charge < -0.3 is 19.5 Å². The van der Waals surface area contributed by atoms with Gasteiger partial charge in [-0.3, -0.25) is 9.80 Å². The summed E-state index contributed by atoms with van der Waals surface area (Å²) >= 11 is 0. The highest BCUT2D eigenvalue weighted by Gasteiger charge is 2.34. The van der Waals surface area contributed by atoms with Crippen molar-refractivity contribution in [3.8, 4) is 11.8 Å². The number of nitrogens with zero attached hydrogens (tertiary/aromatic N) is 4. The molecule has 2 heterocycles. The fraction of sp³-hybridized carbons (Fsp3) is 0.619. The third-order valence-corrected chi connectivity index (χ3v) is 5.40. The molecule has 2 bridgehead atoms. The summed E-state index contributed by atoms with van der Waals surface area (Å²) in [4.78, 5) is 17.1. The van der Waals surface area contributed by atoms with Crippen LogP contribution in [0.4, 0.5) is 4.79 Å². The smallest absolute Gasteiger partial charge is 0.407 e. The molecule has 8 heteroatoms. The van der Waals surface area contributed by atoms with Gasteiger partial charge in [0.05, 0.1) is 30.4 Å². The predicted molar refractivity (Wildman–Crippen MR) is 108 cm³/mol. The highest BCUT2D eigenvalue weighted by molar-refractivity contribution is 5.64. The van der Waals surface area contributed by atoms with Crippen LogP contribution < -0.4 is 4.74 Å². The largest absolute Gasteiger partial charge is 0.494 e. The molecule has 1 aromatic rings. The van der Waals surface area contributed by atoms with Crippen molar-refractivity contribution in [3.05, 3.63) is 29.8 Å². The number of morpholine rings is 2. The second-order valence-electron chi connectivity index (χ2n) is 7.80. The van der Waals surface area contributed by atoms with Gasteiger partial charge in [-0.2, -0.15) is 5.26 Å². The number of hydrogen-bond acceptors (Lipinski definition) is 6. The minimum absolute atomic E-state index is 0.221. The number of carboxylic acid groups (broad SMARTS) is 1. The Morgan fingerprint density at radius 3 is 2.31 bits per heavy atom. The molecule has 8 nitrogen and oxygen atoms in total. The number of ether oxygens (including phenoxy) is 2. The van der Waals surface area contributed by atoms with E-state index in [-0.39, 0.29) is 12.2 Å². The van der Waals surface area contributed by atoms with Gasteiger partial charge in [-0.25, -0.2) is 4.79 Å². The average Bonchev–Trinajstić information content (AvgIpc) is 2.71. The van der Waals surface area contributed by atoms with E-state index in [9.17, 15) is 4.79 Å². The van der Waals surface area contributed by atoms with Crippen LogP contribution in [0.25, 0.3) is 0 Å². The summed E-state index contributed by atoms with van der Waals surface area (Å²) in [5.74, 6) is 0.798. The van der Waals surface area contributed by atoms with E-state index < -0.39 is 6.09 Å². The van der Waals surface area contributed by atoms with Gasteiger partial charge in [0.1, 0.15) is 5.75 Å². The number of carbonyl (C=O) groups is 1. The molecule has 0 saturated carbocycles. The van der Waals surface area contributed by atoms with Gasteiger partial charge in [-0.05, 0) is 37.1 Å². The standard InChI is InChI=1S/C21H30N4O4/c1-23(21(26)27)8-2-9-24-13-19-15-25(16-20(14-24)29-19)10-3-11-28-18-6-4-17(12-22)5-7-18/h4-7,19-20H,2-3,8-11,13-16H2,1H3,(H,26,27). The van der Waals surface area contributed by atoms with Gasteiger partial charge in [-0.15, -0.1) is 0 Å². The minimum atomic E-state index is -0.873. The maximum absolute atomic E-state index is 10.9. The Kier molecular flexibility index (Phi) is 7.69. The lowest BCUT2D eigenvalue weighted by molar-refractivity contribution is -0.138. The molecule has 2 fully saturated rings. The number of hydrogen-bond donors (Lipinski definition) is 1. The summed E-state index contributed by atoms with van der Waals surface area (Å²) < 4.78 is 11.9. The maximum atomic E-state index is 10.9. The van der Waals surface area contributed by atoms with Crippen LogP contribution >= 0.6 is 0 Å². The van der Waals surface area contributed by atoms with Crippen molar-refractivity contribution < 1.29 is 19.4 Å². The molecule has 2 saturated heterocycles. The molecule has 0 aromatic heterocycles. The van der Waals surface area contributed by atoms with Crippen molar-refractivity contribution in [2.75, 3.05) is 59.5 Å². The summed E-state index contributed by atoms with van der Waals surface area (Å²) in [5.41, 5.74) is 0.639. The Hall–Kier alpha value is -2.34. The molecule has 158 valence electrons. The number of rotatable bonds is 9. The van der Waals surface area contributed by atoms with E-state index in [0.29, 0.717) is 18.7 Å². The maximum Gasteiger partial charge on any atom is 0.407 e. The Bertz CT molecular complexity index is 692. The van der Waals surface area contributed by atoms with E-state index in [1.807, 2.05) is 12.1 Å². The van der Waals surface area contributed by atoms with Crippen molar-refractivity contribution in [2.45, 2.75) is 25.0 Å². The van der Waals surface area contributed by atoms with E-state index in [1.165, 1.54) is 4.90 Å². The fourth-order valence-electron chi connectivity index (χ4n) is 3.96. The van der Waals surface area contributed by atoms with Gasteiger partial charge >= 0.3 is 6.09 Å². The third kappa shape index (κ3) is 6.60. The van der Waals surface area contributed by atoms with Crippen LogP contribution in [-0.4, -0.2) is 97.6 Å². The van der Waals surface area contributed by atoms with Crippen molar-refractivity contribution >= 4 is 6.09 Å². The molecule has 0 aliphatic carbocycles. The molecule has 29 heavy (non-hydrogen) atoms. The molecule has 1 amide bonds. The molecule has 1 N–H and O–H groups in total. The highest BCUT2D eigenvalue weighted by Crippen LogP contribution is 2.20. The normalized spacial score (nSPS) is 22.1. The van der Waals surface area contributed by atoms with Gasteiger partial charge in [0, 0.05) is 52.9 Å². The number of fused-ring (bicyclic) bond motifs is 2. The minimum Gasteiger partial charge on any atom is -0.494 e. The first-order chi connectivity index (χ1) is 14.0. The first-order valence-corrected chi connectivity index (χ1v) is 10.2. The molecular formula is C21H30N4O4. The molecule has 2 aliphatic heterocycles.